The first-order valence-electron chi connectivity index (χ1n) is 8.65. The Morgan fingerprint density at radius 1 is 1.40 bits per heavy atom. The molecule has 6 nitrogen and oxygen atoms in total. The lowest BCUT2D eigenvalue weighted by molar-refractivity contribution is 0.0841. The molecule has 25 heavy (non-hydrogen) atoms. The highest BCUT2D eigenvalue weighted by molar-refractivity contribution is 5.74. The predicted molar refractivity (Wildman–Crippen MR) is 96.8 cm³/mol. The van der Waals surface area contributed by atoms with Gasteiger partial charge in [0.2, 0.25) is 0 Å². The van der Waals surface area contributed by atoms with E-state index in [2.05, 4.69) is 15.3 Å². The van der Waals surface area contributed by atoms with Gasteiger partial charge >= 0.3 is 6.03 Å². The minimum atomic E-state index is -0.107. The molecule has 0 saturated carbocycles. The van der Waals surface area contributed by atoms with E-state index in [1.807, 2.05) is 42.5 Å². The Hall–Kier alpha value is -2.60. The normalized spacial score (nSPS) is 17.0. The molecule has 2 aromatic rings. The van der Waals surface area contributed by atoms with E-state index in [4.69, 9.17) is 4.74 Å². The molecular formula is C19H24N4O2. The number of carbonyl (C=O) groups is 1. The largest absolute Gasteiger partial charge is 0.376 e. The van der Waals surface area contributed by atoms with Crippen LogP contribution >= 0.6 is 0 Å². The van der Waals surface area contributed by atoms with Crippen LogP contribution in [-0.4, -0.2) is 46.7 Å². The molecule has 1 aliphatic rings. The molecule has 6 heteroatoms. The number of hydrogen-bond donors (Lipinski definition) is 2. The third-order valence-electron chi connectivity index (χ3n) is 4.13. The Balaban J connectivity index is 1.57. The SMILES string of the molecule is O=C(NCc1ncc[nH]1)N(C/C=C/c1ccccc1)C[C@@H]1CCCO1. The molecule has 2 N–H and O–H groups in total. The number of ether oxygens (including phenoxy) is 1. The predicted octanol–water partition coefficient (Wildman–Crippen LogP) is 2.81. The molecule has 2 amide bonds. The van der Waals surface area contributed by atoms with Crippen LogP contribution in [0.2, 0.25) is 0 Å². The van der Waals surface area contributed by atoms with E-state index in [0.29, 0.717) is 19.6 Å². The molecule has 1 aliphatic heterocycles. The molecule has 1 fully saturated rings. The van der Waals surface area contributed by atoms with Crippen LogP contribution in [0.3, 0.4) is 0 Å². The Bertz CT molecular complexity index is 664. The molecule has 132 valence electrons. The van der Waals surface area contributed by atoms with Crippen LogP contribution in [0.1, 0.15) is 24.2 Å². The van der Waals surface area contributed by atoms with Gasteiger partial charge in [-0.3, -0.25) is 0 Å². The summed E-state index contributed by atoms with van der Waals surface area (Å²) in [4.78, 5) is 21.5. The average Bonchev–Trinajstić information content (AvgIpc) is 3.33. The van der Waals surface area contributed by atoms with Crippen LogP contribution in [0.4, 0.5) is 4.79 Å². The van der Waals surface area contributed by atoms with Crippen molar-refractivity contribution in [3.8, 4) is 0 Å². The summed E-state index contributed by atoms with van der Waals surface area (Å²) in [5, 5.41) is 2.91. The molecule has 1 aromatic carbocycles. The van der Waals surface area contributed by atoms with Crippen LogP contribution < -0.4 is 5.32 Å². The third-order valence-corrected chi connectivity index (χ3v) is 4.13. The lowest BCUT2D eigenvalue weighted by Crippen LogP contribution is -2.43. The van der Waals surface area contributed by atoms with Gasteiger partial charge in [-0.15, -0.1) is 0 Å². The quantitative estimate of drug-likeness (QED) is 0.814. The van der Waals surface area contributed by atoms with Crippen molar-refractivity contribution >= 4 is 12.1 Å². The number of nitrogens with zero attached hydrogens (tertiary/aromatic N) is 2. The maximum Gasteiger partial charge on any atom is 0.318 e. The number of nitrogens with one attached hydrogen (secondary N) is 2. The minimum Gasteiger partial charge on any atom is -0.376 e. The Morgan fingerprint density at radius 3 is 3.00 bits per heavy atom. The van der Waals surface area contributed by atoms with Gasteiger partial charge in [0.15, 0.2) is 0 Å². The molecule has 0 unspecified atom stereocenters. The first-order chi connectivity index (χ1) is 12.3. The summed E-state index contributed by atoms with van der Waals surface area (Å²) < 4.78 is 5.68. The minimum absolute atomic E-state index is 0.107. The van der Waals surface area contributed by atoms with Crippen molar-refractivity contribution in [2.75, 3.05) is 19.7 Å². The van der Waals surface area contributed by atoms with Gasteiger partial charge in [-0.2, -0.15) is 0 Å². The number of carbonyl (C=O) groups excluding carboxylic acids is 1. The summed E-state index contributed by atoms with van der Waals surface area (Å²) in [7, 11) is 0. The molecule has 0 radical (unpaired) electrons. The van der Waals surface area contributed by atoms with Crippen LogP contribution in [0.5, 0.6) is 0 Å². The second kappa shape index (κ2) is 9.03. The lowest BCUT2D eigenvalue weighted by Gasteiger charge is -2.24. The fraction of sp³-hybridized carbons (Fsp3) is 0.368. The molecule has 1 saturated heterocycles. The molecule has 0 spiro atoms. The van der Waals surface area contributed by atoms with Gasteiger partial charge in [-0.1, -0.05) is 42.5 Å². The zero-order valence-electron chi connectivity index (χ0n) is 14.2. The van der Waals surface area contributed by atoms with Crippen LogP contribution in [0.15, 0.2) is 48.8 Å². The van der Waals surface area contributed by atoms with Gasteiger partial charge in [0.1, 0.15) is 5.82 Å². The smallest absolute Gasteiger partial charge is 0.318 e. The van der Waals surface area contributed by atoms with Crippen molar-refractivity contribution in [2.24, 2.45) is 0 Å². The van der Waals surface area contributed by atoms with Crippen molar-refractivity contribution in [3.05, 3.63) is 60.2 Å². The van der Waals surface area contributed by atoms with Gasteiger partial charge in [-0.25, -0.2) is 9.78 Å². The van der Waals surface area contributed by atoms with Gasteiger partial charge in [0.05, 0.1) is 12.6 Å². The molecule has 3 rings (SSSR count). The summed E-state index contributed by atoms with van der Waals surface area (Å²) in [6, 6.07) is 9.96. The molecule has 1 atom stereocenters. The van der Waals surface area contributed by atoms with E-state index in [9.17, 15) is 4.79 Å². The third kappa shape index (κ3) is 5.46. The molecule has 2 heterocycles. The van der Waals surface area contributed by atoms with E-state index in [1.165, 1.54) is 0 Å². The van der Waals surface area contributed by atoms with Crippen molar-refractivity contribution < 1.29 is 9.53 Å². The number of aromatic nitrogens is 2. The van der Waals surface area contributed by atoms with Crippen LogP contribution in [0, 0.1) is 0 Å². The maximum atomic E-state index is 12.6. The van der Waals surface area contributed by atoms with Crippen LogP contribution in [0.25, 0.3) is 6.08 Å². The summed E-state index contributed by atoms with van der Waals surface area (Å²) in [6.07, 6.45) is 9.65. The van der Waals surface area contributed by atoms with Gasteiger partial charge in [0, 0.05) is 32.1 Å². The van der Waals surface area contributed by atoms with E-state index in [-0.39, 0.29) is 12.1 Å². The van der Waals surface area contributed by atoms with E-state index < -0.39 is 0 Å². The monoisotopic (exact) mass is 340 g/mol. The zero-order chi connectivity index (χ0) is 17.3. The van der Waals surface area contributed by atoms with Crippen molar-refractivity contribution in [1.29, 1.82) is 0 Å². The number of imidazole rings is 1. The topological polar surface area (TPSA) is 70.2 Å². The lowest BCUT2D eigenvalue weighted by atomic mass is 10.2. The fourth-order valence-electron chi connectivity index (χ4n) is 2.82. The number of hydrogen-bond acceptors (Lipinski definition) is 3. The fourth-order valence-corrected chi connectivity index (χ4v) is 2.82. The van der Waals surface area contributed by atoms with E-state index >= 15 is 0 Å². The van der Waals surface area contributed by atoms with Gasteiger partial charge in [-0.05, 0) is 18.4 Å². The van der Waals surface area contributed by atoms with Gasteiger partial charge in [0.25, 0.3) is 0 Å². The maximum absolute atomic E-state index is 12.6. The number of amides is 2. The Morgan fingerprint density at radius 2 is 2.28 bits per heavy atom. The second-order valence-corrected chi connectivity index (χ2v) is 6.05. The van der Waals surface area contributed by atoms with Crippen molar-refractivity contribution in [3.63, 3.8) is 0 Å². The number of H-pyrrole nitrogens is 1. The molecular weight excluding hydrogens is 316 g/mol. The highest BCUT2D eigenvalue weighted by atomic mass is 16.5. The molecule has 0 bridgehead atoms. The van der Waals surface area contributed by atoms with Crippen LogP contribution in [-0.2, 0) is 11.3 Å². The first kappa shape index (κ1) is 17.2. The standard InChI is InChI=1S/C19H24N4O2/c24-19(22-14-18-20-10-11-21-18)23(15-17-9-5-13-25-17)12-4-8-16-6-2-1-3-7-16/h1-4,6-8,10-11,17H,5,9,12-15H2,(H,20,21)(H,22,24)/b8-4+/t17-/m0/s1. The summed E-state index contributed by atoms with van der Waals surface area (Å²) in [5.74, 6) is 0.741. The number of rotatable bonds is 7. The number of urea groups is 1. The first-order valence-corrected chi connectivity index (χ1v) is 8.65. The average molecular weight is 340 g/mol. The highest BCUT2D eigenvalue weighted by Crippen LogP contribution is 2.13. The van der Waals surface area contributed by atoms with E-state index in [1.54, 1.807) is 17.3 Å². The number of aromatic amines is 1. The molecule has 0 aliphatic carbocycles. The summed E-state index contributed by atoms with van der Waals surface area (Å²) in [5.41, 5.74) is 1.12. The zero-order valence-corrected chi connectivity index (χ0v) is 14.2. The number of benzene rings is 1. The van der Waals surface area contributed by atoms with Gasteiger partial charge < -0.3 is 19.9 Å². The van der Waals surface area contributed by atoms with E-state index in [0.717, 1.165) is 30.8 Å². The Labute approximate surface area is 147 Å². The summed E-state index contributed by atoms with van der Waals surface area (Å²) >= 11 is 0. The summed E-state index contributed by atoms with van der Waals surface area (Å²) in [6.45, 7) is 2.31. The highest BCUT2D eigenvalue weighted by Gasteiger charge is 2.21. The van der Waals surface area contributed by atoms with Crippen molar-refractivity contribution in [2.45, 2.75) is 25.5 Å². The second-order valence-electron chi connectivity index (χ2n) is 6.05. The van der Waals surface area contributed by atoms with Crippen molar-refractivity contribution in [1.82, 2.24) is 20.2 Å². The molecule has 1 aromatic heterocycles. The Kier molecular flexibility index (Phi) is 6.23.